The maximum atomic E-state index is 13.6. The third-order valence-electron chi connectivity index (χ3n) is 8.48. The van der Waals surface area contributed by atoms with Crippen LogP contribution in [-0.4, -0.2) is 78.1 Å². The van der Waals surface area contributed by atoms with Gasteiger partial charge >= 0.3 is 35.8 Å². The lowest BCUT2D eigenvalue weighted by Gasteiger charge is -2.44. The second-order valence-corrected chi connectivity index (χ2v) is 13.3. The molecule has 6 atom stereocenters. The summed E-state index contributed by atoms with van der Waals surface area (Å²) in [5.74, 6) is -5.20. The van der Waals surface area contributed by atoms with Crippen molar-refractivity contribution in [1.29, 1.82) is 0 Å². The summed E-state index contributed by atoms with van der Waals surface area (Å²) in [6.45, 7) is 6.86. The highest BCUT2D eigenvalue weighted by atomic mass is 16.7. The Hall–Kier alpha value is -6.88. The van der Waals surface area contributed by atoms with Gasteiger partial charge in [-0.3, -0.25) is 38.4 Å². The summed E-state index contributed by atoms with van der Waals surface area (Å²) >= 11 is 0. The Labute approximate surface area is 337 Å². The fourth-order valence-corrected chi connectivity index (χ4v) is 6.32. The molecule has 17 heteroatoms. The number of fused-ring (bicyclic) bond motifs is 1. The zero-order valence-corrected chi connectivity index (χ0v) is 32.7. The first-order valence-corrected chi connectivity index (χ1v) is 18.1. The SMILES string of the molecule is CC(=O)Oc1ccc(C=CC(=O)CC2OC(Oc3cc(OC(C)=O)c4c(c3)O[C@@H](c3ccc(OC(C)=O)cc3)CC4=O)C(OC(C)=O)C(OC(C)=O)C2OC(C)=O)cc1. The van der Waals surface area contributed by atoms with E-state index in [4.69, 9.17) is 42.6 Å². The quantitative estimate of drug-likeness (QED) is 0.0984. The molecule has 2 heterocycles. The molecule has 1 saturated heterocycles. The first-order chi connectivity index (χ1) is 27.9. The Bertz CT molecular complexity index is 2150. The average Bonchev–Trinajstić information content (AvgIpc) is 3.13. The number of Topliss-reactive ketones (excluding diaryl/α,β-unsaturated/α-hetero) is 1. The lowest BCUT2D eigenvalue weighted by molar-refractivity contribution is -0.283. The van der Waals surface area contributed by atoms with E-state index in [0.29, 0.717) is 16.9 Å². The standard InChI is InChI=1S/C42H40O17/c1-21(43)51-30-13-8-27(9-14-30)7-12-29(49)17-37-39(54-24(4)46)40(55-25(5)47)41(56-26(6)48)42(59-37)57-32-18-35(53-23(3)45)38-33(50)20-34(58-36(38)19-32)28-10-15-31(16-11-28)52-22(2)44/h7-16,18-19,34,37,39-42H,17,20H2,1-6H3/t34-,37?,39?,40?,41?,42?/m1/s1. The van der Waals surface area contributed by atoms with Gasteiger partial charge in [-0.15, -0.1) is 0 Å². The first kappa shape index (κ1) is 43.2. The van der Waals surface area contributed by atoms with Crippen LogP contribution >= 0.6 is 0 Å². The van der Waals surface area contributed by atoms with Crippen LogP contribution in [0.15, 0.2) is 66.7 Å². The van der Waals surface area contributed by atoms with E-state index in [2.05, 4.69) is 0 Å². The monoisotopic (exact) mass is 816 g/mol. The molecule has 5 unspecified atom stereocenters. The fourth-order valence-electron chi connectivity index (χ4n) is 6.32. The molecule has 2 aliphatic heterocycles. The summed E-state index contributed by atoms with van der Waals surface area (Å²) in [4.78, 5) is 99.1. The third-order valence-corrected chi connectivity index (χ3v) is 8.48. The van der Waals surface area contributed by atoms with E-state index in [1.54, 1.807) is 24.3 Å². The van der Waals surface area contributed by atoms with Gasteiger partial charge in [-0.2, -0.15) is 0 Å². The number of hydrogen-bond donors (Lipinski definition) is 0. The van der Waals surface area contributed by atoms with Crippen LogP contribution in [-0.2, 0) is 52.5 Å². The zero-order valence-electron chi connectivity index (χ0n) is 32.7. The molecular weight excluding hydrogens is 776 g/mol. The highest BCUT2D eigenvalue weighted by Gasteiger charge is 2.53. The van der Waals surface area contributed by atoms with Crippen LogP contribution in [0.25, 0.3) is 6.08 Å². The van der Waals surface area contributed by atoms with Crippen molar-refractivity contribution in [3.8, 4) is 28.7 Å². The maximum absolute atomic E-state index is 13.6. The first-order valence-electron chi connectivity index (χ1n) is 18.1. The van der Waals surface area contributed by atoms with Crippen molar-refractivity contribution in [2.24, 2.45) is 0 Å². The normalized spacial score (nSPS) is 20.9. The molecule has 0 aromatic heterocycles. The van der Waals surface area contributed by atoms with Gasteiger partial charge in [0, 0.05) is 60.1 Å². The zero-order chi connectivity index (χ0) is 43.0. The molecule has 0 bridgehead atoms. The van der Waals surface area contributed by atoms with Crippen molar-refractivity contribution in [3.05, 3.63) is 83.4 Å². The van der Waals surface area contributed by atoms with Gasteiger partial charge in [-0.1, -0.05) is 30.3 Å². The van der Waals surface area contributed by atoms with Gasteiger partial charge in [0.05, 0.1) is 6.42 Å². The number of carbonyl (C=O) groups is 8. The number of allylic oxidation sites excluding steroid dienone is 1. The third kappa shape index (κ3) is 11.8. The van der Waals surface area contributed by atoms with E-state index in [-0.39, 0.29) is 35.0 Å². The smallest absolute Gasteiger partial charge is 0.308 e. The van der Waals surface area contributed by atoms with Gasteiger partial charge in [-0.05, 0) is 41.5 Å². The number of rotatable bonds is 13. The Kier molecular flexibility index (Phi) is 14.0. The largest absolute Gasteiger partial charge is 0.484 e. The van der Waals surface area contributed by atoms with E-state index in [9.17, 15) is 38.4 Å². The molecule has 0 amide bonds. The molecule has 3 aromatic rings. The molecule has 0 saturated carbocycles. The molecule has 0 aliphatic carbocycles. The van der Waals surface area contributed by atoms with Gasteiger partial charge in [0.15, 0.2) is 23.8 Å². The predicted molar refractivity (Wildman–Crippen MR) is 200 cm³/mol. The summed E-state index contributed by atoms with van der Waals surface area (Å²) < 4.78 is 50.8. The van der Waals surface area contributed by atoms with Crippen LogP contribution in [0, 0.1) is 0 Å². The Morgan fingerprint density at radius 1 is 0.644 bits per heavy atom. The molecule has 0 radical (unpaired) electrons. The van der Waals surface area contributed by atoms with Gasteiger partial charge < -0.3 is 42.6 Å². The fraction of sp³-hybridized carbons (Fsp3) is 0.333. The second-order valence-electron chi connectivity index (χ2n) is 13.3. The summed E-state index contributed by atoms with van der Waals surface area (Å²) in [7, 11) is 0. The average molecular weight is 817 g/mol. The van der Waals surface area contributed by atoms with E-state index in [0.717, 1.165) is 27.7 Å². The van der Waals surface area contributed by atoms with Gasteiger partial charge in [-0.25, -0.2) is 0 Å². The number of carbonyl (C=O) groups excluding carboxylic acids is 8. The maximum Gasteiger partial charge on any atom is 0.308 e. The van der Waals surface area contributed by atoms with Gasteiger partial charge in [0.1, 0.15) is 46.5 Å². The summed E-state index contributed by atoms with van der Waals surface area (Å²) in [6.07, 6.45) is -6.48. The second kappa shape index (κ2) is 19.0. The van der Waals surface area contributed by atoms with Crippen LogP contribution in [0.1, 0.15) is 82.0 Å². The van der Waals surface area contributed by atoms with Crippen LogP contribution < -0.4 is 23.7 Å². The van der Waals surface area contributed by atoms with E-state index >= 15 is 0 Å². The molecular formula is C42H40O17. The molecule has 5 rings (SSSR count). The van der Waals surface area contributed by atoms with Crippen molar-refractivity contribution < 1.29 is 81.0 Å². The summed E-state index contributed by atoms with van der Waals surface area (Å²) in [6, 6.07) is 15.1. The minimum Gasteiger partial charge on any atom is -0.484 e. The van der Waals surface area contributed by atoms with Crippen molar-refractivity contribution >= 4 is 53.5 Å². The van der Waals surface area contributed by atoms with Crippen LogP contribution in [0.5, 0.6) is 28.7 Å². The molecule has 310 valence electrons. The number of ketones is 2. The lowest BCUT2D eigenvalue weighted by Crippen LogP contribution is -2.62. The van der Waals surface area contributed by atoms with E-state index < -0.39 is 90.6 Å². The Morgan fingerprint density at radius 2 is 1.19 bits per heavy atom. The van der Waals surface area contributed by atoms with Crippen LogP contribution in [0.4, 0.5) is 0 Å². The molecule has 1 fully saturated rings. The van der Waals surface area contributed by atoms with Crippen molar-refractivity contribution in [3.63, 3.8) is 0 Å². The number of esters is 6. The van der Waals surface area contributed by atoms with Crippen LogP contribution in [0.3, 0.4) is 0 Å². The number of benzene rings is 3. The van der Waals surface area contributed by atoms with Crippen LogP contribution in [0.2, 0.25) is 0 Å². The molecule has 59 heavy (non-hydrogen) atoms. The van der Waals surface area contributed by atoms with E-state index in [1.165, 1.54) is 62.4 Å². The number of hydrogen-bond acceptors (Lipinski definition) is 17. The van der Waals surface area contributed by atoms with Crippen molar-refractivity contribution in [1.82, 2.24) is 0 Å². The predicted octanol–water partition coefficient (Wildman–Crippen LogP) is 4.74. The minimum atomic E-state index is -1.68. The number of ether oxygens (including phenoxy) is 9. The molecule has 0 spiro atoms. The topological polar surface area (TPSA) is 220 Å². The Morgan fingerprint density at radius 3 is 1.75 bits per heavy atom. The van der Waals surface area contributed by atoms with Gasteiger partial charge in [0.25, 0.3) is 0 Å². The lowest BCUT2D eigenvalue weighted by atomic mass is 9.94. The minimum absolute atomic E-state index is 0.0593. The highest BCUT2D eigenvalue weighted by Crippen LogP contribution is 2.44. The summed E-state index contributed by atoms with van der Waals surface area (Å²) in [5, 5.41) is 0. The molecule has 0 N–H and O–H groups in total. The van der Waals surface area contributed by atoms with E-state index in [1.807, 2.05) is 0 Å². The molecule has 2 aliphatic rings. The van der Waals surface area contributed by atoms with Crippen molar-refractivity contribution in [2.75, 3.05) is 0 Å². The molecule has 17 nitrogen and oxygen atoms in total. The Balaban J connectivity index is 1.49. The van der Waals surface area contributed by atoms with Crippen molar-refractivity contribution in [2.45, 2.75) is 91.2 Å². The highest BCUT2D eigenvalue weighted by molar-refractivity contribution is 6.03. The van der Waals surface area contributed by atoms with Gasteiger partial charge in [0.2, 0.25) is 12.4 Å². The molecule has 3 aromatic carbocycles. The summed E-state index contributed by atoms with van der Waals surface area (Å²) in [5.41, 5.74) is 1.06.